The van der Waals surface area contributed by atoms with Gasteiger partial charge in [-0.3, -0.25) is 0 Å². The van der Waals surface area contributed by atoms with E-state index in [1.165, 1.54) is 24.2 Å². The van der Waals surface area contributed by atoms with E-state index in [0.29, 0.717) is 21.7 Å². The Morgan fingerprint density at radius 3 is 2.81 bits per heavy atom. The Morgan fingerprint density at radius 1 is 1.62 bits per heavy atom. The highest BCUT2D eigenvalue weighted by Crippen LogP contribution is 2.23. The molecule has 16 heavy (non-hydrogen) atoms. The molecule has 0 aliphatic heterocycles. The third kappa shape index (κ3) is 3.48. The second-order valence-corrected chi connectivity index (χ2v) is 4.93. The van der Waals surface area contributed by atoms with E-state index < -0.39 is 5.97 Å². The van der Waals surface area contributed by atoms with Crippen molar-refractivity contribution in [3.05, 3.63) is 10.6 Å². The normalized spacial score (nSPS) is 12.4. The summed E-state index contributed by atoms with van der Waals surface area (Å²) in [6.45, 7) is 5.97. The topological polar surface area (TPSA) is 62.2 Å². The molecule has 0 spiro atoms. The third-order valence-electron chi connectivity index (χ3n) is 2.35. The summed E-state index contributed by atoms with van der Waals surface area (Å²) < 4.78 is 0. The van der Waals surface area contributed by atoms with Crippen molar-refractivity contribution in [3.63, 3.8) is 0 Å². The SMILES string of the molecule is CCCCC(C)Nc1nc(C)c(C(=O)O)s1. The predicted molar refractivity (Wildman–Crippen MR) is 66.4 cm³/mol. The van der Waals surface area contributed by atoms with Crippen LogP contribution >= 0.6 is 11.3 Å². The van der Waals surface area contributed by atoms with E-state index in [2.05, 4.69) is 24.1 Å². The number of nitrogens with one attached hydrogen (secondary N) is 1. The van der Waals surface area contributed by atoms with Gasteiger partial charge in [0.2, 0.25) is 0 Å². The molecule has 1 aromatic rings. The lowest BCUT2D eigenvalue weighted by molar-refractivity contribution is 0.0701. The van der Waals surface area contributed by atoms with Gasteiger partial charge in [-0.2, -0.15) is 0 Å². The Balaban J connectivity index is 2.60. The van der Waals surface area contributed by atoms with Gasteiger partial charge in [0, 0.05) is 6.04 Å². The Morgan fingerprint density at radius 2 is 2.31 bits per heavy atom. The molecule has 1 heterocycles. The summed E-state index contributed by atoms with van der Waals surface area (Å²) in [5.41, 5.74) is 0.586. The van der Waals surface area contributed by atoms with Gasteiger partial charge in [0.15, 0.2) is 5.13 Å². The van der Waals surface area contributed by atoms with E-state index in [1.807, 2.05) is 0 Å². The minimum absolute atomic E-state index is 0.324. The van der Waals surface area contributed by atoms with Gasteiger partial charge in [-0.05, 0) is 20.3 Å². The van der Waals surface area contributed by atoms with Crippen LogP contribution in [0.4, 0.5) is 5.13 Å². The smallest absolute Gasteiger partial charge is 0.347 e. The predicted octanol–water partition coefficient (Wildman–Crippen LogP) is 3.14. The molecule has 4 nitrogen and oxygen atoms in total. The van der Waals surface area contributed by atoms with E-state index in [0.717, 1.165) is 6.42 Å². The maximum Gasteiger partial charge on any atom is 0.347 e. The van der Waals surface area contributed by atoms with Gasteiger partial charge in [-0.1, -0.05) is 31.1 Å². The maximum atomic E-state index is 10.8. The first-order valence-electron chi connectivity index (χ1n) is 5.51. The van der Waals surface area contributed by atoms with Crippen LogP contribution in [0.15, 0.2) is 0 Å². The number of carbonyl (C=O) groups is 1. The van der Waals surface area contributed by atoms with Crippen molar-refractivity contribution in [2.45, 2.75) is 46.1 Å². The first-order valence-corrected chi connectivity index (χ1v) is 6.33. The highest BCUT2D eigenvalue weighted by molar-refractivity contribution is 7.17. The van der Waals surface area contributed by atoms with Crippen LogP contribution in [0.2, 0.25) is 0 Å². The quantitative estimate of drug-likeness (QED) is 0.804. The van der Waals surface area contributed by atoms with E-state index in [4.69, 9.17) is 5.11 Å². The molecule has 0 bridgehead atoms. The van der Waals surface area contributed by atoms with E-state index in [1.54, 1.807) is 6.92 Å². The molecule has 2 N–H and O–H groups in total. The molecule has 0 saturated carbocycles. The molecular formula is C11H18N2O2S. The molecule has 1 unspecified atom stereocenters. The lowest BCUT2D eigenvalue weighted by atomic mass is 10.1. The lowest BCUT2D eigenvalue weighted by Gasteiger charge is -2.11. The van der Waals surface area contributed by atoms with Crippen molar-refractivity contribution in [1.29, 1.82) is 0 Å². The van der Waals surface area contributed by atoms with Crippen molar-refractivity contribution in [1.82, 2.24) is 4.98 Å². The van der Waals surface area contributed by atoms with Crippen LogP contribution in [-0.2, 0) is 0 Å². The number of carboxylic acids is 1. The largest absolute Gasteiger partial charge is 0.477 e. The highest BCUT2D eigenvalue weighted by atomic mass is 32.1. The molecule has 0 saturated heterocycles. The third-order valence-corrected chi connectivity index (χ3v) is 3.43. The van der Waals surface area contributed by atoms with E-state index in [-0.39, 0.29) is 0 Å². The van der Waals surface area contributed by atoms with Gasteiger partial charge in [-0.15, -0.1) is 0 Å². The number of unbranched alkanes of at least 4 members (excludes halogenated alkanes) is 1. The number of thiazole rings is 1. The minimum Gasteiger partial charge on any atom is -0.477 e. The van der Waals surface area contributed by atoms with Crippen LogP contribution in [0.25, 0.3) is 0 Å². The number of aromatic nitrogens is 1. The number of rotatable bonds is 6. The zero-order valence-corrected chi connectivity index (χ0v) is 10.7. The summed E-state index contributed by atoms with van der Waals surface area (Å²) in [5.74, 6) is -0.899. The number of hydrogen-bond donors (Lipinski definition) is 2. The zero-order valence-electron chi connectivity index (χ0n) is 9.91. The molecule has 5 heteroatoms. The van der Waals surface area contributed by atoms with Crippen molar-refractivity contribution in [2.75, 3.05) is 5.32 Å². The zero-order chi connectivity index (χ0) is 12.1. The average molecular weight is 242 g/mol. The molecule has 0 radical (unpaired) electrons. The van der Waals surface area contributed by atoms with Crippen molar-refractivity contribution in [3.8, 4) is 0 Å². The molecule has 0 aliphatic carbocycles. The molecule has 0 aromatic carbocycles. The van der Waals surface area contributed by atoms with Crippen LogP contribution in [0.1, 0.15) is 48.5 Å². The summed E-state index contributed by atoms with van der Waals surface area (Å²) in [7, 11) is 0. The second kappa shape index (κ2) is 5.84. The maximum absolute atomic E-state index is 10.8. The van der Waals surface area contributed by atoms with Crippen molar-refractivity contribution >= 4 is 22.4 Å². The standard InChI is InChI=1S/C11H18N2O2S/c1-4-5-6-7(2)12-11-13-8(3)9(16-11)10(14)15/h7H,4-6H2,1-3H3,(H,12,13)(H,14,15). The molecule has 0 aliphatic rings. The Hall–Kier alpha value is -1.10. The number of hydrogen-bond acceptors (Lipinski definition) is 4. The van der Waals surface area contributed by atoms with E-state index in [9.17, 15) is 4.79 Å². The highest BCUT2D eigenvalue weighted by Gasteiger charge is 2.14. The van der Waals surface area contributed by atoms with Gasteiger partial charge in [-0.25, -0.2) is 9.78 Å². The molecule has 1 rings (SSSR count). The first-order chi connectivity index (χ1) is 7.54. The van der Waals surface area contributed by atoms with Crippen LogP contribution in [-0.4, -0.2) is 22.1 Å². The Labute approximate surface area is 99.7 Å². The molecule has 0 amide bonds. The Bertz CT molecular complexity index is 363. The van der Waals surface area contributed by atoms with Crippen molar-refractivity contribution < 1.29 is 9.90 Å². The fraction of sp³-hybridized carbons (Fsp3) is 0.636. The molecular weight excluding hydrogens is 224 g/mol. The van der Waals surface area contributed by atoms with Gasteiger partial charge >= 0.3 is 5.97 Å². The number of aryl methyl sites for hydroxylation is 1. The molecule has 90 valence electrons. The monoisotopic (exact) mass is 242 g/mol. The minimum atomic E-state index is -0.899. The number of carboxylic acid groups (broad SMARTS) is 1. The van der Waals surface area contributed by atoms with Crippen LogP contribution < -0.4 is 5.32 Å². The van der Waals surface area contributed by atoms with E-state index >= 15 is 0 Å². The summed E-state index contributed by atoms with van der Waals surface area (Å²) >= 11 is 1.21. The van der Waals surface area contributed by atoms with Gasteiger partial charge in [0.1, 0.15) is 4.88 Å². The summed E-state index contributed by atoms with van der Waals surface area (Å²) in [6.07, 6.45) is 3.42. The van der Waals surface area contributed by atoms with Crippen LogP contribution in [0, 0.1) is 6.92 Å². The Kier molecular flexibility index (Phi) is 4.73. The van der Waals surface area contributed by atoms with Crippen molar-refractivity contribution in [2.24, 2.45) is 0 Å². The van der Waals surface area contributed by atoms with Gasteiger partial charge in [0.25, 0.3) is 0 Å². The molecule has 0 fully saturated rings. The molecule has 1 atom stereocenters. The fourth-order valence-corrected chi connectivity index (χ4v) is 2.37. The number of anilines is 1. The fourth-order valence-electron chi connectivity index (χ4n) is 1.45. The lowest BCUT2D eigenvalue weighted by Crippen LogP contribution is -2.14. The second-order valence-electron chi connectivity index (χ2n) is 3.93. The van der Waals surface area contributed by atoms with Crippen LogP contribution in [0.5, 0.6) is 0 Å². The summed E-state index contributed by atoms with van der Waals surface area (Å²) in [4.78, 5) is 15.4. The average Bonchev–Trinajstić information content (AvgIpc) is 2.56. The van der Waals surface area contributed by atoms with Gasteiger partial charge in [0.05, 0.1) is 5.69 Å². The number of nitrogens with zero attached hydrogens (tertiary/aromatic N) is 1. The number of aromatic carboxylic acids is 1. The first kappa shape index (κ1) is 13.0. The summed E-state index contributed by atoms with van der Waals surface area (Å²) in [5, 5.41) is 12.8. The molecule has 1 aromatic heterocycles. The van der Waals surface area contributed by atoms with Crippen LogP contribution in [0.3, 0.4) is 0 Å². The van der Waals surface area contributed by atoms with Gasteiger partial charge < -0.3 is 10.4 Å². The summed E-state index contributed by atoms with van der Waals surface area (Å²) in [6, 6.07) is 0.340.